The van der Waals surface area contributed by atoms with Crippen molar-refractivity contribution in [1.29, 1.82) is 0 Å². The maximum Gasteiger partial charge on any atom is 0.272 e. The van der Waals surface area contributed by atoms with Crippen LogP contribution in [-0.4, -0.2) is 64.3 Å². The number of amides is 2. The monoisotopic (exact) mass is 379 g/mol. The van der Waals surface area contributed by atoms with Gasteiger partial charge in [-0.3, -0.25) is 9.59 Å². The van der Waals surface area contributed by atoms with E-state index in [-0.39, 0.29) is 17.9 Å². The smallest absolute Gasteiger partial charge is 0.272 e. The lowest BCUT2D eigenvalue weighted by atomic mass is 9.75. The van der Waals surface area contributed by atoms with E-state index in [9.17, 15) is 9.59 Å². The average Bonchev–Trinajstić information content (AvgIpc) is 2.93. The first-order valence-corrected chi connectivity index (χ1v) is 9.72. The fourth-order valence-corrected chi connectivity index (χ4v) is 4.57. The number of benzene rings is 1. The van der Waals surface area contributed by atoms with E-state index in [1.807, 2.05) is 35.2 Å². The number of rotatable bonds is 3. The summed E-state index contributed by atoms with van der Waals surface area (Å²) in [6.07, 6.45) is 5.20. The Morgan fingerprint density at radius 2 is 1.89 bits per heavy atom. The number of nitrogens with one attached hydrogen (secondary N) is 1. The molecular weight excluding hydrogens is 354 g/mol. The van der Waals surface area contributed by atoms with Gasteiger partial charge in [-0.2, -0.15) is 0 Å². The number of nitrogens with zero attached hydrogens (tertiary/aromatic N) is 4. The molecular formula is C21H25N5O2. The maximum atomic E-state index is 13.4. The largest absolute Gasteiger partial charge is 0.337 e. The van der Waals surface area contributed by atoms with E-state index in [4.69, 9.17) is 0 Å². The molecule has 0 bridgehead atoms. The molecule has 0 unspecified atom stereocenters. The molecule has 146 valence electrons. The highest BCUT2D eigenvalue weighted by atomic mass is 16.2. The van der Waals surface area contributed by atoms with Gasteiger partial charge in [0, 0.05) is 31.0 Å². The van der Waals surface area contributed by atoms with Crippen molar-refractivity contribution in [2.24, 2.45) is 5.41 Å². The predicted molar refractivity (Wildman–Crippen MR) is 106 cm³/mol. The Balaban J connectivity index is 1.55. The Bertz CT molecular complexity index is 844. The number of carbonyl (C=O) groups is 2. The maximum absolute atomic E-state index is 13.4. The van der Waals surface area contributed by atoms with Gasteiger partial charge in [0.1, 0.15) is 12.0 Å². The van der Waals surface area contributed by atoms with Crippen LogP contribution < -0.4 is 5.32 Å². The summed E-state index contributed by atoms with van der Waals surface area (Å²) in [5, 5.41) is 3.11. The topological polar surface area (TPSA) is 78.4 Å². The van der Waals surface area contributed by atoms with Gasteiger partial charge >= 0.3 is 0 Å². The zero-order valence-corrected chi connectivity index (χ0v) is 16.0. The van der Waals surface area contributed by atoms with Crippen LogP contribution in [0.25, 0.3) is 0 Å². The van der Waals surface area contributed by atoms with E-state index in [0.29, 0.717) is 25.2 Å². The van der Waals surface area contributed by atoms with Gasteiger partial charge in [-0.15, -0.1) is 0 Å². The summed E-state index contributed by atoms with van der Waals surface area (Å²) in [7, 11) is 2.07. The molecule has 0 radical (unpaired) electrons. The minimum atomic E-state index is -0.481. The molecule has 0 spiro atoms. The van der Waals surface area contributed by atoms with Gasteiger partial charge < -0.3 is 15.1 Å². The molecule has 2 aliphatic heterocycles. The first-order chi connectivity index (χ1) is 13.6. The molecule has 1 aromatic heterocycles. The summed E-state index contributed by atoms with van der Waals surface area (Å²) in [6.45, 7) is 2.07. The molecule has 4 rings (SSSR count). The van der Waals surface area contributed by atoms with Gasteiger partial charge in [0.05, 0.1) is 5.41 Å². The van der Waals surface area contributed by atoms with Crippen LogP contribution in [-0.2, 0) is 4.79 Å². The molecule has 2 aromatic rings. The zero-order chi connectivity index (χ0) is 19.6. The third kappa shape index (κ3) is 3.38. The molecule has 1 aromatic carbocycles. The van der Waals surface area contributed by atoms with E-state index in [2.05, 4.69) is 27.2 Å². The van der Waals surface area contributed by atoms with Crippen LogP contribution >= 0.6 is 0 Å². The summed E-state index contributed by atoms with van der Waals surface area (Å²) in [5.74, 6) is -0.0342. The molecule has 3 heterocycles. The summed E-state index contributed by atoms with van der Waals surface area (Å²) in [6, 6.07) is 11.3. The van der Waals surface area contributed by atoms with Crippen LogP contribution in [0.1, 0.15) is 29.8 Å². The molecule has 2 amide bonds. The first kappa shape index (κ1) is 18.6. The summed E-state index contributed by atoms with van der Waals surface area (Å²) >= 11 is 0. The molecule has 7 heteroatoms. The van der Waals surface area contributed by atoms with Crippen molar-refractivity contribution in [1.82, 2.24) is 19.8 Å². The van der Waals surface area contributed by atoms with Crippen LogP contribution in [0.5, 0.6) is 0 Å². The van der Waals surface area contributed by atoms with E-state index in [1.165, 1.54) is 6.33 Å². The molecule has 2 saturated heterocycles. The molecule has 28 heavy (non-hydrogen) atoms. The number of anilines is 1. The molecule has 7 nitrogen and oxygen atoms in total. The van der Waals surface area contributed by atoms with Crippen molar-refractivity contribution in [2.45, 2.75) is 25.3 Å². The second-order valence-electron chi connectivity index (χ2n) is 7.65. The average molecular weight is 379 g/mol. The number of fused-ring (bicyclic) bond motifs is 1. The number of aromatic nitrogens is 2. The third-order valence-electron chi connectivity index (χ3n) is 6.15. The van der Waals surface area contributed by atoms with E-state index >= 15 is 0 Å². The number of hydrogen-bond acceptors (Lipinski definition) is 5. The van der Waals surface area contributed by atoms with Crippen molar-refractivity contribution in [2.75, 3.05) is 32.0 Å². The van der Waals surface area contributed by atoms with Crippen molar-refractivity contribution in [3.05, 3.63) is 54.6 Å². The minimum Gasteiger partial charge on any atom is -0.337 e. The van der Waals surface area contributed by atoms with Gasteiger partial charge in [-0.25, -0.2) is 9.97 Å². The van der Waals surface area contributed by atoms with Crippen molar-refractivity contribution in [3.63, 3.8) is 0 Å². The van der Waals surface area contributed by atoms with Crippen LogP contribution in [0, 0.1) is 5.41 Å². The molecule has 0 aliphatic carbocycles. The van der Waals surface area contributed by atoms with Gasteiger partial charge in [0.15, 0.2) is 0 Å². The molecule has 0 saturated carbocycles. The van der Waals surface area contributed by atoms with Gasteiger partial charge in [0.25, 0.3) is 5.91 Å². The SMILES string of the molecule is CN1CC[C@]2(C(=O)Nc3ccccc3)CCN(C(=O)c3ccncn3)CC[C@H]12. The van der Waals surface area contributed by atoms with E-state index in [0.717, 1.165) is 25.1 Å². The van der Waals surface area contributed by atoms with Crippen molar-refractivity contribution < 1.29 is 9.59 Å². The fraction of sp³-hybridized carbons (Fsp3) is 0.429. The van der Waals surface area contributed by atoms with E-state index < -0.39 is 5.41 Å². The van der Waals surface area contributed by atoms with Crippen molar-refractivity contribution in [3.8, 4) is 0 Å². The Morgan fingerprint density at radius 3 is 2.64 bits per heavy atom. The molecule has 2 fully saturated rings. The molecule has 2 aliphatic rings. The Kier molecular flexibility index (Phi) is 5.09. The Labute approximate surface area is 164 Å². The van der Waals surface area contributed by atoms with Crippen LogP contribution in [0.3, 0.4) is 0 Å². The number of para-hydroxylation sites is 1. The van der Waals surface area contributed by atoms with Crippen LogP contribution in [0.2, 0.25) is 0 Å². The lowest BCUT2D eigenvalue weighted by Crippen LogP contribution is -2.46. The number of hydrogen-bond donors (Lipinski definition) is 1. The normalized spacial score (nSPS) is 25.0. The summed E-state index contributed by atoms with van der Waals surface area (Å²) in [4.78, 5) is 38.3. The van der Waals surface area contributed by atoms with Crippen LogP contribution in [0.15, 0.2) is 48.9 Å². The highest BCUT2D eigenvalue weighted by Crippen LogP contribution is 2.44. The standard InChI is InChI=1S/C21H25N5O2/c1-25-13-9-21(20(28)24-16-5-3-2-4-6-16)10-14-26(12-8-18(21)25)19(27)17-7-11-22-15-23-17/h2-7,11,15,18H,8-10,12-14H2,1H3,(H,24,28)/t18-,21-/m0/s1. The Hall–Kier alpha value is -2.80. The highest BCUT2D eigenvalue weighted by Gasteiger charge is 2.52. The lowest BCUT2D eigenvalue weighted by molar-refractivity contribution is -0.127. The first-order valence-electron chi connectivity index (χ1n) is 9.72. The fourth-order valence-electron chi connectivity index (χ4n) is 4.57. The summed E-state index contributed by atoms with van der Waals surface area (Å²) in [5.41, 5.74) is 0.734. The Morgan fingerprint density at radius 1 is 1.11 bits per heavy atom. The predicted octanol–water partition coefficient (Wildman–Crippen LogP) is 2.04. The van der Waals surface area contributed by atoms with Crippen molar-refractivity contribution >= 4 is 17.5 Å². The third-order valence-corrected chi connectivity index (χ3v) is 6.15. The second kappa shape index (κ2) is 7.67. The number of likely N-dealkylation sites (tertiary alicyclic amines) is 2. The lowest BCUT2D eigenvalue weighted by Gasteiger charge is -2.34. The second-order valence-corrected chi connectivity index (χ2v) is 7.65. The highest BCUT2D eigenvalue weighted by molar-refractivity contribution is 5.96. The van der Waals surface area contributed by atoms with Gasteiger partial charge in [0.2, 0.25) is 5.91 Å². The molecule has 2 atom stereocenters. The molecule has 1 N–H and O–H groups in total. The number of carbonyl (C=O) groups excluding carboxylic acids is 2. The zero-order valence-electron chi connectivity index (χ0n) is 16.0. The summed E-state index contributed by atoms with van der Waals surface area (Å²) < 4.78 is 0. The minimum absolute atomic E-state index is 0.0596. The van der Waals surface area contributed by atoms with Crippen LogP contribution in [0.4, 0.5) is 5.69 Å². The quantitative estimate of drug-likeness (QED) is 0.883. The van der Waals surface area contributed by atoms with Gasteiger partial charge in [-0.05, 0) is 51.1 Å². The van der Waals surface area contributed by atoms with E-state index in [1.54, 1.807) is 12.3 Å². The van der Waals surface area contributed by atoms with Gasteiger partial charge in [-0.1, -0.05) is 18.2 Å².